The van der Waals surface area contributed by atoms with Gasteiger partial charge in [0.25, 0.3) is 0 Å². The molecule has 11 heteroatoms. The summed E-state index contributed by atoms with van der Waals surface area (Å²) >= 11 is 0. The molecule has 2 N–H and O–H groups in total. The summed E-state index contributed by atoms with van der Waals surface area (Å²) in [4.78, 5) is 23.0. The summed E-state index contributed by atoms with van der Waals surface area (Å²) in [5.41, 5.74) is 2.34. The number of terminal acetylenes is 1. The van der Waals surface area contributed by atoms with E-state index >= 15 is 0 Å². The number of sulfone groups is 1. The quantitative estimate of drug-likeness (QED) is 0.172. The van der Waals surface area contributed by atoms with Crippen LogP contribution in [0.15, 0.2) is 83.8 Å². The van der Waals surface area contributed by atoms with Crippen LogP contribution in [-0.4, -0.2) is 45.8 Å². The molecule has 0 radical (unpaired) electrons. The number of halogens is 3. The lowest BCUT2D eigenvalue weighted by Gasteiger charge is -2.28. The van der Waals surface area contributed by atoms with Crippen LogP contribution in [0.25, 0.3) is 11.1 Å². The zero-order valence-electron chi connectivity index (χ0n) is 27.0. The van der Waals surface area contributed by atoms with E-state index in [2.05, 4.69) is 23.0 Å². The Bertz CT molecular complexity index is 1500. The maximum absolute atomic E-state index is 13.8. The van der Waals surface area contributed by atoms with E-state index in [1.807, 2.05) is 44.2 Å². The number of esters is 1. The second-order valence-electron chi connectivity index (χ2n) is 10.6. The molecule has 46 heavy (non-hydrogen) atoms. The SMILES string of the molecule is C#CC.CCC(=O)OCc1ccccc1.CNC(=O)[C@H](CC(C)C)NC(c1ccc(-c2ccc(S(C)(=O)=O)cc2)cc1)C(F)(F)F. The number of hydrogen-bond donors (Lipinski definition) is 2. The van der Waals surface area contributed by atoms with E-state index < -0.39 is 34.0 Å². The molecule has 0 fully saturated rings. The topological polar surface area (TPSA) is 102 Å². The second-order valence-corrected chi connectivity index (χ2v) is 12.7. The van der Waals surface area contributed by atoms with Gasteiger partial charge < -0.3 is 10.1 Å². The van der Waals surface area contributed by atoms with Crippen LogP contribution in [-0.2, 0) is 30.8 Å². The van der Waals surface area contributed by atoms with Crippen LogP contribution in [0.3, 0.4) is 0 Å². The van der Waals surface area contributed by atoms with Crippen LogP contribution >= 0.6 is 0 Å². The molecule has 0 aromatic heterocycles. The molecule has 0 aliphatic carbocycles. The highest BCUT2D eigenvalue weighted by molar-refractivity contribution is 7.90. The average molecular weight is 661 g/mol. The van der Waals surface area contributed by atoms with Crippen LogP contribution in [0.1, 0.15) is 57.7 Å². The van der Waals surface area contributed by atoms with Crippen molar-refractivity contribution in [1.29, 1.82) is 0 Å². The van der Waals surface area contributed by atoms with Gasteiger partial charge in [0.05, 0.1) is 10.9 Å². The molecule has 1 unspecified atom stereocenters. The maximum Gasteiger partial charge on any atom is 0.407 e. The molecule has 250 valence electrons. The predicted molar refractivity (Wildman–Crippen MR) is 175 cm³/mol. The fourth-order valence-electron chi connectivity index (χ4n) is 4.08. The third kappa shape index (κ3) is 14.3. The zero-order chi connectivity index (χ0) is 34.9. The molecule has 3 aromatic rings. The smallest absolute Gasteiger partial charge is 0.407 e. The van der Waals surface area contributed by atoms with Crippen molar-refractivity contribution in [2.75, 3.05) is 13.3 Å². The standard InChI is InChI=1S/C22H27F3N2O3S.C10H12O2.C3H4/c1-14(2)13-19(21(28)26-3)27-20(22(23,24)25)17-7-5-15(6-8-17)16-9-11-18(12-10-16)31(4,29)30;1-2-10(11)12-8-9-6-4-3-5-7-9;1-3-2/h5-12,14,19-20,27H,13H2,1-4H3,(H,26,28);3-7H,2,8H2,1H3;1H,2H3/t19-,20?;;/m0../s1. The minimum Gasteiger partial charge on any atom is -0.461 e. The van der Waals surface area contributed by atoms with E-state index in [1.54, 1.807) is 38.1 Å². The first-order valence-electron chi connectivity index (χ1n) is 14.6. The summed E-state index contributed by atoms with van der Waals surface area (Å²) in [6.45, 7) is 7.50. The van der Waals surface area contributed by atoms with Crippen molar-refractivity contribution in [2.45, 2.75) is 70.3 Å². The summed E-state index contributed by atoms with van der Waals surface area (Å²) < 4.78 is 69.5. The van der Waals surface area contributed by atoms with Gasteiger partial charge in [0.2, 0.25) is 5.91 Å². The molecule has 3 aromatic carbocycles. The Kier molecular flexibility index (Phi) is 16.8. The van der Waals surface area contributed by atoms with Gasteiger partial charge >= 0.3 is 12.1 Å². The van der Waals surface area contributed by atoms with Crippen molar-refractivity contribution in [3.8, 4) is 23.5 Å². The van der Waals surface area contributed by atoms with Gasteiger partial charge in [-0.3, -0.25) is 14.9 Å². The molecule has 2 atom stereocenters. The number of carbonyl (C=O) groups excluding carboxylic acids is 2. The molecule has 0 heterocycles. The lowest BCUT2D eigenvalue weighted by atomic mass is 9.97. The molecule has 3 rings (SSSR count). The summed E-state index contributed by atoms with van der Waals surface area (Å²) in [5.74, 6) is 1.63. The number of ether oxygens (including phenoxy) is 1. The summed E-state index contributed by atoms with van der Waals surface area (Å²) in [6.07, 6.45) is 1.80. The number of carbonyl (C=O) groups is 2. The van der Waals surface area contributed by atoms with Crippen molar-refractivity contribution < 1.29 is 35.9 Å². The average Bonchev–Trinajstić information content (AvgIpc) is 3.01. The Morgan fingerprint density at radius 3 is 1.85 bits per heavy atom. The molecule has 7 nitrogen and oxygen atoms in total. The number of rotatable bonds is 11. The first kappa shape index (κ1) is 39.9. The van der Waals surface area contributed by atoms with Crippen molar-refractivity contribution in [3.63, 3.8) is 0 Å². The largest absolute Gasteiger partial charge is 0.461 e. The Hall–Kier alpha value is -4.14. The molecule has 0 aliphatic rings. The van der Waals surface area contributed by atoms with Gasteiger partial charge in [-0.25, -0.2) is 8.42 Å². The predicted octanol–water partition coefficient (Wildman–Crippen LogP) is 6.89. The monoisotopic (exact) mass is 660 g/mol. The van der Waals surface area contributed by atoms with E-state index in [-0.39, 0.29) is 28.8 Å². The number of likely N-dealkylation sites (N-methyl/N-ethyl adjacent to an activating group) is 1. The minimum atomic E-state index is -4.60. The van der Waals surface area contributed by atoms with Crippen molar-refractivity contribution in [2.24, 2.45) is 5.92 Å². The number of benzene rings is 3. The van der Waals surface area contributed by atoms with Gasteiger partial charge in [-0.15, -0.1) is 12.3 Å². The third-order valence-electron chi connectivity index (χ3n) is 6.36. The minimum absolute atomic E-state index is 0.0123. The second kappa shape index (κ2) is 19.4. The molecule has 0 aliphatic heterocycles. The fraction of sp³-hybridized carbons (Fsp3) is 0.371. The highest BCUT2D eigenvalue weighted by Crippen LogP contribution is 2.34. The first-order chi connectivity index (χ1) is 21.6. The molecule has 0 saturated heterocycles. The highest BCUT2D eigenvalue weighted by atomic mass is 32.2. The maximum atomic E-state index is 13.8. The summed E-state index contributed by atoms with van der Waals surface area (Å²) in [7, 11) is -1.94. The van der Waals surface area contributed by atoms with Crippen LogP contribution in [0.2, 0.25) is 0 Å². The number of alkyl halides is 3. The van der Waals surface area contributed by atoms with Crippen LogP contribution < -0.4 is 10.6 Å². The van der Waals surface area contributed by atoms with Gasteiger partial charge in [0, 0.05) is 19.7 Å². The van der Waals surface area contributed by atoms with Crippen LogP contribution in [0.4, 0.5) is 13.2 Å². The van der Waals surface area contributed by atoms with Crippen molar-refractivity contribution >= 4 is 21.7 Å². The Morgan fingerprint density at radius 2 is 1.43 bits per heavy atom. The molecule has 1 amide bonds. The molecular formula is C35H43F3N2O5S. The van der Waals surface area contributed by atoms with E-state index in [0.717, 1.165) is 11.8 Å². The summed E-state index contributed by atoms with van der Waals surface area (Å²) in [6, 6.07) is 18.6. The first-order valence-corrected chi connectivity index (χ1v) is 16.5. The van der Waals surface area contributed by atoms with E-state index in [1.165, 1.54) is 31.3 Å². The van der Waals surface area contributed by atoms with E-state index in [0.29, 0.717) is 24.2 Å². The van der Waals surface area contributed by atoms with E-state index in [4.69, 9.17) is 4.74 Å². The fourth-order valence-corrected chi connectivity index (χ4v) is 4.71. The Labute approximate surface area is 270 Å². The molecular weight excluding hydrogens is 617 g/mol. The van der Waals surface area contributed by atoms with Gasteiger partial charge in [-0.2, -0.15) is 13.2 Å². The van der Waals surface area contributed by atoms with Gasteiger partial charge in [-0.05, 0) is 53.6 Å². The van der Waals surface area contributed by atoms with Gasteiger partial charge in [0.15, 0.2) is 9.84 Å². The molecule has 0 bridgehead atoms. The van der Waals surface area contributed by atoms with Crippen molar-refractivity contribution in [3.05, 3.63) is 90.0 Å². The number of hydrogen-bond acceptors (Lipinski definition) is 6. The lowest BCUT2D eigenvalue weighted by molar-refractivity contribution is -0.161. The van der Waals surface area contributed by atoms with Crippen LogP contribution in [0.5, 0.6) is 0 Å². The number of nitrogens with one attached hydrogen (secondary N) is 2. The highest BCUT2D eigenvalue weighted by Gasteiger charge is 2.42. The van der Waals surface area contributed by atoms with Gasteiger partial charge in [0.1, 0.15) is 12.6 Å². The Morgan fingerprint density at radius 1 is 0.935 bits per heavy atom. The van der Waals surface area contributed by atoms with Crippen molar-refractivity contribution in [1.82, 2.24) is 10.6 Å². The van der Waals surface area contributed by atoms with Crippen LogP contribution in [0, 0.1) is 18.3 Å². The molecule has 0 spiro atoms. The lowest BCUT2D eigenvalue weighted by Crippen LogP contribution is -2.48. The zero-order valence-corrected chi connectivity index (χ0v) is 27.8. The third-order valence-corrected chi connectivity index (χ3v) is 7.48. The van der Waals surface area contributed by atoms with E-state index in [9.17, 15) is 31.2 Å². The van der Waals surface area contributed by atoms with Gasteiger partial charge in [-0.1, -0.05) is 87.5 Å². The Balaban J connectivity index is 0.000000583. The molecule has 0 saturated carbocycles. The summed E-state index contributed by atoms with van der Waals surface area (Å²) in [5, 5.41) is 4.88. The number of amides is 1. The normalized spacial score (nSPS) is 12.3.